The number of hydrogen-bond donors (Lipinski definition) is 0. The summed E-state index contributed by atoms with van der Waals surface area (Å²) in [4.78, 5) is 0. The molecule has 1 aromatic heterocycles. The van der Waals surface area contributed by atoms with E-state index in [1.54, 1.807) is 6.26 Å². The molecule has 2 aromatic rings. The lowest BCUT2D eigenvalue weighted by atomic mass is 10.1. The molecule has 0 bridgehead atoms. The molecule has 0 aliphatic heterocycles. The molecule has 0 aliphatic carbocycles. The second-order valence-corrected chi connectivity index (χ2v) is 2.96. The Labute approximate surface area is 81.1 Å². The third-order valence-corrected chi connectivity index (χ3v) is 2.12. The van der Waals surface area contributed by atoms with E-state index in [0.717, 1.165) is 16.8 Å². The number of halogens is 1. The molecular formula is C10H8ClNO. The van der Waals surface area contributed by atoms with Gasteiger partial charge >= 0.3 is 0 Å². The molecule has 1 aromatic carbocycles. The monoisotopic (exact) mass is 193 g/mol. The molecule has 0 amide bonds. The highest BCUT2D eigenvalue weighted by atomic mass is 35.5. The normalized spacial score (nSPS) is 10.2. The fourth-order valence-electron chi connectivity index (χ4n) is 1.19. The van der Waals surface area contributed by atoms with Gasteiger partial charge in [-0.3, -0.25) is 0 Å². The van der Waals surface area contributed by atoms with Gasteiger partial charge in [-0.1, -0.05) is 35.5 Å². The Morgan fingerprint density at radius 3 is 2.69 bits per heavy atom. The SMILES string of the molecule is ClCc1conc1-c1ccccc1. The minimum Gasteiger partial charge on any atom is -0.364 e. The summed E-state index contributed by atoms with van der Waals surface area (Å²) < 4.78 is 4.86. The molecule has 2 rings (SSSR count). The van der Waals surface area contributed by atoms with Crippen LogP contribution >= 0.6 is 11.6 Å². The minimum atomic E-state index is 0.424. The zero-order valence-corrected chi connectivity index (χ0v) is 7.66. The first-order valence-corrected chi connectivity index (χ1v) is 4.50. The molecule has 0 unspecified atom stereocenters. The maximum absolute atomic E-state index is 5.72. The first-order chi connectivity index (χ1) is 6.42. The number of aromatic nitrogens is 1. The Hall–Kier alpha value is -1.28. The molecule has 66 valence electrons. The van der Waals surface area contributed by atoms with Crippen LogP contribution in [0.3, 0.4) is 0 Å². The van der Waals surface area contributed by atoms with Crippen LogP contribution in [0, 0.1) is 0 Å². The number of alkyl halides is 1. The van der Waals surface area contributed by atoms with Crippen LogP contribution in [0.1, 0.15) is 5.56 Å². The van der Waals surface area contributed by atoms with Gasteiger partial charge in [-0.05, 0) is 0 Å². The van der Waals surface area contributed by atoms with Crippen molar-refractivity contribution in [2.45, 2.75) is 5.88 Å². The van der Waals surface area contributed by atoms with Crippen LogP contribution in [0.15, 0.2) is 41.1 Å². The van der Waals surface area contributed by atoms with Gasteiger partial charge < -0.3 is 4.52 Å². The van der Waals surface area contributed by atoms with E-state index in [9.17, 15) is 0 Å². The lowest BCUT2D eigenvalue weighted by Gasteiger charge is -1.95. The Kier molecular flexibility index (Phi) is 2.32. The number of rotatable bonds is 2. The predicted molar refractivity (Wildman–Crippen MR) is 51.5 cm³/mol. The Morgan fingerprint density at radius 2 is 2.00 bits per heavy atom. The molecule has 0 spiro atoms. The molecule has 13 heavy (non-hydrogen) atoms. The summed E-state index contributed by atoms with van der Waals surface area (Å²) in [6.07, 6.45) is 1.58. The van der Waals surface area contributed by atoms with Crippen molar-refractivity contribution in [2.75, 3.05) is 0 Å². The summed E-state index contributed by atoms with van der Waals surface area (Å²) in [6, 6.07) is 9.84. The van der Waals surface area contributed by atoms with Gasteiger partial charge in [0.15, 0.2) is 0 Å². The Morgan fingerprint density at radius 1 is 1.23 bits per heavy atom. The topological polar surface area (TPSA) is 26.0 Å². The van der Waals surface area contributed by atoms with Gasteiger partial charge in [0.25, 0.3) is 0 Å². The van der Waals surface area contributed by atoms with Crippen molar-refractivity contribution >= 4 is 11.6 Å². The molecule has 0 saturated heterocycles. The Balaban J connectivity index is 2.47. The zero-order chi connectivity index (χ0) is 9.10. The molecule has 0 saturated carbocycles. The van der Waals surface area contributed by atoms with E-state index in [0.29, 0.717) is 5.88 Å². The predicted octanol–water partition coefficient (Wildman–Crippen LogP) is 3.08. The molecule has 0 fully saturated rings. The molecule has 0 N–H and O–H groups in total. The van der Waals surface area contributed by atoms with Crippen molar-refractivity contribution in [1.82, 2.24) is 5.16 Å². The highest BCUT2D eigenvalue weighted by Crippen LogP contribution is 2.22. The van der Waals surface area contributed by atoms with Gasteiger partial charge in [0.05, 0.1) is 5.88 Å². The fourth-order valence-corrected chi connectivity index (χ4v) is 1.38. The number of hydrogen-bond acceptors (Lipinski definition) is 2. The summed E-state index contributed by atoms with van der Waals surface area (Å²) in [7, 11) is 0. The van der Waals surface area contributed by atoms with Crippen molar-refractivity contribution in [2.24, 2.45) is 0 Å². The lowest BCUT2D eigenvalue weighted by molar-refractivity contribution is 0.421. The van der Waals surface area contributed by atoms with E-state index in [1.165, 1.54) is 0 Å². The Bertz CT molecular complexity index is 383. The zero-order valence-electron chi connectivity index (χ0n) is 6.90. The highest BCUT2D eigenvalue weighted by Gasteiger charge is 2.07. The van der Waals surface area contributed by atoms with E-state index in [-0.39, 0.29) is 0 Å². The lowest BCUT2D eigenvalue weighted by Crippen LogP contribution is -1.81. The van der Waals surface area contributed by atoms with Crippen LogP contribution in [-0.4, -0.2) is 5.16 Å². The van der Waals surface area contributed by atoms with Crippen molar-refractivity contribution in [3.8, 4) is 11.3 Å². The third kappa shape index (κ3) is 1.58. The molecule has 0 atom stereocenters. The van der Waals surface area contributed by atoms with Crippen LogP contribution in [0.5, 0.6) is 0 Å². The first kappa shape index (κ1) is 8.32. The quantitative estimate of drug-likeness (QED) is 0.686. The molecular weight excluding hydrogens is 186 g/mol. The summed E-state index contributed by atoms with van der Waals surface area (Å²) in [6.45, 7) is 0. The molecule has 0 radical (unpaired) electrons. The maximum atomic E-state index is 5.72. The van der Waals surface area contributed by atoms with Crippen LogP contribution in [-0.2, 0) is 5.88 Å². The largest absolute Gasteiger partial charge is 0.364 e. The number of benzene rings is 1. The second-order valence-electron chi connectivity index (χ2n) is 2.69. The van der Waals surface area contributed by atoms with Crippen LogP contribution in [0.25, 0.3) is 11.3 Å². The maximum Gasteiger partial charge on any atom is 0.128 e. The van der Waals surface area contributed by atoms with E-state index < -0.39 is 0 Å². The van der Waals surface area contributed by atoms with E-state index in [4.69, 9.17) is 16.1 Å². The fraction of sp³-hybridized carbons (Fsp3) is 0.100. The van der Waals surface area contributed by atoms with Gasteiger partial charge in [0, 0.05) is 11.1 Å². The summed E-state index contributed by atoms with van der Waals surface area (Å²) in [5.74, 6) is 0.424. The van der Waals surface area contributed by atoms with Gasteiger partial charge in [-0.25, -0.2) is 0 Å². The highest BCUT2D eigenvalue weighted by molar-refractivity contribution is 6.17. The minimum absolute atomic E-state index is 0.424. The van der Waals surface area contributed by atoms with Gasteiger partial charge in [-0.15, -0.1) is 11.6 Å². The molecule has 3 heteroatoms. The molecule has 2 nitrogen and oxygen atoms in total. The first-order valence-electron chi connectivity index (χ1n) is 3.96. The van der Waals surface area contributed by atoms with Gasteiger partial charge in [0.1, 0.15) is 12.0 Å². The molecule has 0 aliphatic rings. The standard InChI is InChI=1S/C10H8ClNO/c11-6-9-7-13-12-10(9)8-4-2-1-3-5-8/h1-5,7H,6H2. The average Bonchev–Trinajstić information content (AvgIpc) is 2.67. The van der Waals surface area contributed by atoms with E-state index in [2.05, 4.69) is 5.16 Å². The van der Waals surface area contributed by atoms with Crippen molar-refractivity contribution < 1.29 is 4.52 Å². The third-order valence-electron chi connectivity index (χ3n) is 1.83. The summed E-state index contributed by atoms with van der Waals surface area (Å²) >= 11 is 5.72. The van der Waals surface area contributed by atoms with Crippen LogP contribution < -0.4 is 0 Å². The van der Waals surface area contributed by atoms with Crippen molar-refractivity contribution in [3.05, 3.63) is 42.2 Å². The van der Waals surface area contributed by atoms with Crippen LogP contribution in [0.2, 0.25) is 0 Å². The van der Waals surface area contributed by atoms with E-state index >= 15 is 0 Å². The number of nitrogens with zero attached hydrogens (tertiary/aromatic N) is 1. The van der Waals surface area contributed by atoms with E-state index in [1.807, 2.05) is 30.3 Å². The van der Waals surface area contributed by atoms with Crippen molar-refractivity contribution in [3.63, 3.8) is 0 Å². The summed E-state index contributed by atoms with van der Waals surface area (Å²) in [5.41, 5.74) is 2.79. The molecule has 1 heterocycles. The smallest absolute Gasteiger partial charge is 0.128 e. The second kappa shape index (κ2) is 3.62. The summed E-state index contributed by atoms with van der Waals surface area (Å²) in [5, 5.41) is 3.90. The van der Waals surface area contributed by atoms with Crippen LogP contribution in [0.4, 0.5) is 0 Å². The average molecular weight is 194 g/mol. The van der Waals surface area contributed by atoms with Gasteiger partial charge in [-0.2, -0.15) is 0 Å². The van der Waals surface area contributed by atoms with Gasteiger partial charge in [0.2, 0.25) is 0 Å². The van der Waals surface area contributed by atoms with Crippen molar-refractivity contribution in [1.29, 1.82) is 0 Å².